The Morgan fingerprint density at radius 3 is 2.09 bits per heavy atom. The highest BCUT2D eigenvalue weighted by Crippen LogP contribution is 2.31. The Bertz CT molecular complexity index is 982. The number of carbonyl (C=O) groups is 1. The largest absolute Gasteiger partial charge is 0.392 e. The van der Waals surface area contributed by atoms with Gasteiger partial charge < -0.3 is 10.0 Å². The van der Waals surface area contributed by atoms with Crippen LogP contribution < -0.4 is 0 Å². The van der Waals surface area contributed by atoms with E-state index in [0.29, 0.717) is 13.1 Å². The molecule has 1 N–H and O–H groups in total. The number of likely N-dealkylation sites (tertiary alicyclic amines) is 1. The highest BCUT2D eigenvalue weighted by molar-refractivity contribution is 5.87. The van der Waals surface area contributed by atoms with Gasteiger partial charge in [-0.1, -0.05) is 90.5 Å². The van der Waals surface area contributed by atoms with Crippen LogP contribution in [-0.4, -0.2) is 53.6 Å². The van der Waals surface area contributed by atoms with Crippen molar-refractivity contribution in [2.24, 2.45) is 0 Å². The van der Waals surface area contributed by atoms with Crippen molar-refractivity contribution in [2.45, 2.75) is 31.4 Å². The smallest absolute Gasteiger partial charge is 0.234 e. The van der Waals surface area contributed by atoms with E-state index >= 15 is 0 Å². The highest BCUT2D eigenvalue weighted by atomic mass is 16.3. The average Bonchev–Trinajstić information content (AvgIpc) is 3.23. The van der Waals surface area contributed by atoms with Crippen molar-refractivity contribution in [3.63, 3.8) is 0 Å². The molecule has 1 aliphatic heterocycles. The van der Waals surface area contributed by atoms with E-state index in [4.69, 9.17) is 0 Å². The van der Waals surface area contributed by atoms with Gasteiger partial charge in [-0.25, -0.2) is 0 Å². The van der Waals surface area contributed by atoms with Crippen LogP contribution in [0, 0.1) is 6.92 Å². The minimum absolute atomic E-state index is 0.0775. The molecule has 32 heavy (non-hydrogen) atoms. The normalized spacial score (nSPS) is 17.4. The van der Waals surface area contributed by atoms with Gasteiger partial charge >= 0.3 is 0 Å². The van der Waals surface area contributed by atoms with E-state index in [1.165, 1.54) is 5.56 Å². The number of hydrogen-bond acceptors (Lipinski definition) is 3. The minimum atomic E-state index is -0.362. The summed E-state index contributed by atoms with van der Waals surface area (Å²) >= 11 is 0. The van der Waals surface area contributed by atoms with Crippen molar-refractivity contribution in [1.29, 1.82) is 0 Å². The Hall–Kier alpha value is -2.95. The maximum atomic E-state index is 14.0. The molecule has 3 aromatic rings. The fourth-order valence-electron chi connectivity index (χ4n) is 4.68. The van der Waals surface area contributed by atoms with Gasteiger partial charge in [0.2, 0.25) is 5.91 Å². The number of benzene rings is 3. The maximum absolute atomic E-state index is 14.0. The standard InChI is InChI=1S/C28H32N2O2/c1-21-10-9-15-24(18-21)26(20-30-17-16-25(31)19-30)29(2)28(32)27(22-11-5-3-6-12-22)23-13-7-4-8-14-23/h3-15,18,25-27,31H,16-17,19-20H2,1-2H3/t25-,26+/m0/s1. The molecular formula is C28H32N2O2. The SMILES string of the molecule is Cc1cccc([C@@H](CN2CC[C@H](O)C2)N(C)C(=O)C(c2ccccc2)c2ccccc2)c1. The van der Waals surface area contributed by atoms with Crippen LogP contribution in [0.15, 0.2) is 84.9 Å². The molecule has 2 atom stereocenters. The fourth-order valence-corrected chi connectivity index (χ4v) is 4.68. The van der Waals surface area contributed by atoms with Crippen molar-refractivity contribution in [3.8, 4) is 0 Å². The summed E-state index contributed by atoms with van der Waals surface area (Å²) in [5, 5.41) is 10.0. The highest BCUT2D eigenvalue weighted by Gasteiger charge is 2.32. The number of amides is 1. The first kappa shape index (κ1) is 22.3. The van der Waals surface area contributed by atoms with E-state index < -0.39 is 0 Å². The van der Waals surface area contributed by atoms with E-state index in [-0.39, 0.29) is 24.0 Å². The lowest BCUT2D eigenvalue weighted by Crippen LogP contribution is -2.41. The van der Waals surface area contributed by atoms with Crippen LogP contribution in [0.3, 0.4) is 0 Å². The van der Waals surface area contributed by atoms with Gasteiger partial charge in [0.15, 0.2) is 0 Å². The van der Waals surface area contributed by atoms with Crippen LogP contribution >= 0.6 is 0 Å². The van der Waals surface area contributed by atoms with Gasteiger partial charge in [0.25, 0.3) is 0 Å². The third kappa shape index (κ3) is 5.09. The molecule has 1 heterocycles. The second-order valence-electron chi connectivity index (χ2n) is 8.84. The van der Waals surface area contributed by atoms with Gasteiger partial charge in [-0.15, -0.1) is 0 Å². The first-order chi connectivity index (χ1) is 15.5. The summed E-state index contributed by atoms with van der Waals surface area (Å²) in [5.41, 5.74) is 4.30. The quantitative estimate of drug-likeness (QED) is 0.607. The van der Waals surface area contributed by atoms with Gasteiger partial charge in [0.1, 0.15) is 0 Å². The molecule has 1 amide bonds. The number of likely N-dealkylation sites (N-methyl/N-ethyl adjacent to an activating group) is 1. The Kier molecular flexibility index (Phi) is 7.03. The topological polar surface area (TPSA) is 43.8 Å². The molecule has 4 rings (SSSR count). The number of rotatable bonds is 7. The maximum Gasteiger partial charge on any atom is 0.234 e. The zero-order valence-electron chi connectivity index (χ0n) is 18.9. The van der Waals surface area contributed by atoms with Gasteiger partial charge in [-0.05, 0) is 30.0 Å². The van der Waals surface area contributed by atoms with E-state index in [0.717, 1.165) is 29.7 Å². The number of aliphatic hydroxyl groups is 1. The summed E-state index contributed by atoms with van der Waals surface area (Å²) in [5.74, 6) is -0.285. The van der Waals surface area contributed by atoms with Crippen LogP contribution in [0.25, 0.3) is 0 Å². The van der Waals surface area contributed by atoms with Crippen molar-refractivity contribution in [3.05, 3.63) is 107 Å². The van der Waals surface area contributed by atoms with E-state index in [1.54, 1.807) is 0 Å². The lowest BCUT2D eigenvalue weighted by atomic mass is 9.89. The molecule has 4 heteroatoms. The molecule has 1 fully saturated rings. The number of β-amino-alcohol motifs (C(OH)–C–C–N with tert-alkyl or cyclic N) is 1. The number of carbonyl (C=O) groups excluding carboxylic acids is 1. The number of nitrogens with zero attached hydrogens (tertiary/aromatic N) is 2. The molecule has 3 aromatic carbocycles. The number of hydrogen-bond donors (Lipinski definition) is 1. The Morgan fingerprint density at radius 1 is 0.969 bits per heavy atom. The molecule has 0 bridgehead atoms. The van der Waals surface area contributed by atoms with Gasteiger partial charge in [-0.2, -0.15) is 0 Å². The summed E-state index contributed by atoms with van der Waals surface area (Å²) in [6.45, 7) is 4.30. The third-order valence-electron chi connectivity index (χ3n) is 6.43. The van der Waals surface area contributed by atoms with Gasteiger partial charge in [0, 0.05) is 26.7 Å². The molecule has 0 aliphatic carbocycles. The summed E-state index contributed by atoms with van der Waals surface area (Å²) in [4.78, 5) is 18.2. The molecule has 0 unspecified atom stereocenters. The monoisotopic (exact) mass is 428 g/mol. The third-order valence-corrected chi connectivity index (χ3v) is 6.43. The zero-order chi connectivity index (χ0) is 22.5. The second-order valence-corrected chi connectivity index (χ2v) is 8.84. The van der Waals surface area contributed by atoms with Crippen LogP contribution in [-0.2, 0) is 4.79 Å². The van der Waals surface area contributed by atoms with E-state index in [2.05, 4.69) is 36.1 Å². The summed E-state index contributed by atoms with van der Waals surface area (Å²) in [6, 6.07) is 28.3. The Morgan fingerprint density at radius 2 is 1.56 bits per heavy atom. The molecule has 166 valence electrons. The van der Waals surface area contributed by atoms with E-state index in [1.807, 2.05) is 72.6 Å². The summed E-state index contributed by atoms with van der Waals surface area (Å²) < 4.78 is 0. The predicted molar refractivity (Wildman–Crippen MR) is 128 cm³/mol. The van der Waals surface area contributed by atoms with Crippen LogP contribution in [0.5, 0.6) is 0 Å². The van der Waals surface area contributed by atoms with Crippen molar-refractivity contribution >= 4 is 5.91 Å². The molecular weight excluding hydrogens is 396 g/mol. The lowest BCUT2D eigenvalue weighted by molar-refractivity contribution is -0.133. The van der Waals surface area contributed by atoms with Crippen molar-refractivity contribution in [2.75, 3.05) is 26.7 Å². The molecule has 1 saturated heterocycles. The first-order valence-corrected chi connectivity index (χ1v) is 11.4. The predicted octanol–water partition coefficient (Wildman–Crippen LogP) is 4.39. The summed E-state index contributed by atoms with van der Waals surface area (Å²) in [7, 11) is 1.92. The zero-order valence-corrected chi connectivity index (χ0v) is 18.9. The van der Waals surface area contributed by atoms with Crippen LogP contribution in [0.4, 0.5) is 0 Å². The molecule has 4 nitrogen and oxygen atoms in total. The van der Waals surface area contributed by atoms with Crippen LogP contribution in [0.1, 0.15) is 40.6 Å². The molecule has 0 radical (unpaired) electrons. The fraction of sp³-hybridized carbons (Fsp3) is 0.321. The summed E-state index contributed by atoms with van der Waals surface area (Å²) in [6.07, 6.45) is 0.505. The molecule has 0 aromatic heterocycles. The van der Waals surface area contributed by atoms with Gasteiger partial charge in [-0.3, -0.25) is 9.69 Å². The second kappa shape index (κ2) is 10.1. The van der Waals surface area contributed by atoms with Gasteiger partial charge in [0.05, 0.1) is 18.1 Å². The van der Waals surface area contributed by atoms with E-state index in [9.17, 15) is 9.90 Å². The Balaban J connectivity index is 1.69. The lowest BCUT2D eigenvalue weighted by Gasteiger charge is -2.34. The Labute approximate surface area is 191 Å². The molecule has 0 saturated carbocycles. The van der Waals surface area contributed by atoms with Crippen LogP contribution in [0.2, 0.25) is 0 Å². The van der Waals surface area contributed by atoms with Crippen molar-refractivity contribution in [1.82, 2.24) is 9.80 Å². The average molecular weight is 429 g/mol. The minimum Gasteiger partial charge on any atom is -0.392 e. The number of aliphatic hydroxyl groups excluding tert-OH is 1. The molecule has 1 aliphatic rings. The number of aryl methyl sites for hydroxylation is 1. The molecule has 0 spiro atoms. The first-order valence-electron chi connectivity index (χ1n) is 11.4. The van der Waals surface area contributed by atoms with Crippen molar-refractivity contribution < 1.29 is 9.90 Å².